The fourth-order valence-electron chi connectivity index (χ4n) is 4.55. The van der Waals surface area contributed by atoms with Gasteiger partial charge in [0, 0.05) is 36.7 Å². The molecule has 1 aromatic heterocycles. The molecule has 34 heavy (non-hydrogen) atoms. The Balaban J connectivity index is 1.27. The zero-order chi connectivity index (χ0) is 23.4. The van der Waals surface area contributed by atoms with Gasteiger partial charge < -0.3 is 19.3 Å². The molecule has 1 atom stereocenters. The molecule has 0 unspecified atom stereocenters. The molecule has 0 radical (unpaired) electrons. The van der Waals surface area contributed by atoms with Crippen LogP contribution >= 0.6 is 0 Å². The first-order valence-corrected chi connectivity index (χ1v) is 11.5. The van der Waals surface area contributed by atoms with Crippen molar-refractivity contribution in [3.63, 3.8) is 0 Å². The van der Waals surface area contributed by atoms with E-state index in [1.54, 1.807) is 42.7 Å². The summed E-state index contributed by atoms with van der Waals surface area (Å²) in [7, 11) is 0. The number of benzene rings is 2. The number of para-hydroxylation sites is 1. The Morgan fingerprint density at radius 2 is 1.79 bits per heavy atom. The Bertz CT molecular complexity index is 1160. The third-order valence-electron chi connectivity index (χ3n) is 6.33. The SMILES string of the molecule is O=C(c1cccc(Oc2ncccn2)c1)N1CCC[C@@]2(CC1)CN(c1ccccc1)C(=O)CO2. The number of rotatable bonds is 4. The van der Waals surface area contributed by atoms with Gasteiger partial charge in [-0.2, -0.15) is 0 Å². The predicted octanol–water partition coefficient (Wildman–Crippen LogP) is 3.70. The highest BCUT2D eigenvalue weighted by Crippen LogP contribution is 2.33. The molecule has 8 nitrogen and oxygen atoms in total. The molecule has 1 spiro atoms. The number of carbonyl (C=O) groups excluding carboxylic acids is 2. The summed E-state index contributed by atoms with van der Waals surface area (Å²) in [5, 5.41) is 0. The van der Waals surface area contributed by atoms with Crippen molar-refractivity contribution in [1.82, 2.24) is 14.9 Å². The number of morpholine rings is 1. The van der Waals surface area contributed by atoms with Crippen molar-refractivity contribution in [2.75, 3.05) is 31.1 Å². The van der Waals surface area contributed by atoms with E-state index >= 15 is 0 Å². The molecule has 0 N–H and O–H groups in total. The highest BCUT2D eigenvalue weighted by Gasteiger charge is 2.42. The highest BCUT2D eigenvalue weighted by atomic mass is 16.5. The maximum absolute atomic E-state index is 13.3. The van der Waals surface area contributed by atoms with Crippen LogP contribution < -0.4 is 9.64 Å². The molecule has 0 bridgehead atoms. The first-order valence-electron chi connectivity index (χ1n) is 11.5. The summed E-state index contributed by atoms with van der Waals surface area (Å²) in [4.78, 5) is 37.6. The molecule has 174 valence electrons. The lowest BCUT2D eigenvalue weighted by atomic mass is 9.92. The molecule has 2 amide bonds. The lowest BCUT2D eigenvalue weighted by molar-refractivity contribution is -0.140. The van der Waals surface area contributed by atoms with Crippen LogP contribution in [0, 0.1) is 0 Å². The normalized spacial score (nSPS) is 20.8. The van der Waals surface area contributed by atoms with Gasteiger partial charge in [-0.25, -0.2) is 9.97 Å². The molecule has 2 aromatic carbocycles. The first-order chi connectivity index (χ1) is 16.6. The van der Waals surface area contributed by atoms with Gasteiger partial charge in [0.2, 0.25) is 0 Å². The number of amides is 2. The van der Waals surface area contributed by atoms with Crippen LogP contribution in [0.5, 0.6) is 11.8 Å². The van der Waals surface area contributed by atoms with E-state index in [2.05, 4.69) is 9.97 Å². The Kier molecular flexibility index (Phi) is 6.22. The molecule has 3 heterocycles. The zero-order valence-electron chi connectivity index (χ0n) is 18.8. The van der Waals surface area contributed by atoms with Gasteiger partial charge in [0.25, 0.3) is 11.8 Å². The minimum Gasteiger partial charge on any atom is -0.424 e. The molecule has 2 saturated heterocycles. The molecule has 5 rings (SSSR count). The Hall–Kier alpha value is -3.78. The summed E-state index contributed by atoms with van der Waals surface area (Å²) >= 11 is 0. The van der Waals surface area contributed by atoms with Gasteiger partial charge in [-0.05, 0) is 55.7 Å². The smallest absolute Gasteiger partial charge is 0.321 e. The van der Waals surface area contributed by atoms with E-state index in [0.29, 0.717) is 37.4 Å². The third-order valence-corrected chi connectivity index (χ3v) is 6.33. The molecule has 0 aliphatic carbocycles. The van der Waals surface area contributed by atoms with Crippen molar-refractivity contribution in [3.05, 3.63) is 78.6 Å². The van der Waals surface area contributed by atoms with Crippen LogP contribution in [0.3, 0.4) is 0 Å². The highest BCUT2D eigenvalue weighted by molar-refractivity contribution is 5.95. The van der Waals surface area contributed by atoms with E-state index in [1.165, 1.54) is 0 Å². The maximum atomic E-state index is 13.3. The Morgan fingerprint density at radius 1 is 0.971 bits per heavy atom. The number of likely N-dealkylation sites (tertiary alicyclic amines) is 1. The van der Waals surface area contributed by atoms with E-state index in [-0.39, 0.29) is 24.4 Å². The number of nitrogens with zero attached hydrogens (tertiary/aromatic N) is 4. The fraction of sp³-hybridized carbons (Fsp3) is 0.308. The summed E-state index contributed by atoms with van der Waals surface area (Å²) in [5.41, 5.74) is 0.982. The van der Waals surface area contributed by atoms with E-state index in [0.717, 1.165) is 18.5 Å². The molecule has 3 aromatic rings. The van der Waals surface area contributed by atoms with E-state index in [9.17, 15) is 9.59 Å². The van der Waals surface area contributed by atoms with Crippen LogP contribution in [0.1, 0.15) is 29.6 Å². The molecular formula is C26H26N4O4. The van der Waals surface area contributed by atoms with Gasteiger partial charge in [-0.15, -0.1) is 0 Å². The molecule has 0 saturated carbocycles. The second-order valence-electron chi connectivity index (χ2n) is 8.59. The minimum atomic E-state index is -0.450. The van der Waals surface area contributed by atoms with Crippen molar-refractivity contribution in [2.24, 2.45) is 0 Å². The van der Waals surface area contributed by atoms with E-state index in [4.69, 9.17) is 9.47 Å². The fourth-order valence-corrected chi connectivity index (χ4v) is 4.55. The number of carbonyl (C=O) groups is 2. The summed E-state index contributed by atoms with van der Waals surface area (Å²) in [6.45, 7) is 1.75. The zero-order valence-corrected chi connectivity index (χ0v) is 18.8. The lowest BCUT2D eigenvalue weighted by Gasteiger charge is -2.42. The molecule has 2 aliphatic rings. The van der Waals surface area contributed by atoms with Gasteiger partial charge in [-0.3, -0.25) is 9.59 Å². The van der Waals surface area contributed by atoms with Crippen molar-refractivity contribution >= 4 is 17.5 Å². The van der Waals surface area contributed by atoms with Crippen LogP contribution in [0.4, 0.5) is 5.69 Å². The second-order valence-corrected chi connectivity index (χ2v) is 8.59. The Labute approximate surface area is 198 Å². The number of hydrogen-bond donors (Lipinski definition) is 0. The average molecular weight is 459 g/mol. The Morgan fingerprint density at radius 3 is 2.62 bits per heavy atom. The standard InChI is InChI=1S/C26H26N4O4/c31-23-18-33-26(19-30(23)21-8-2-1-3-9-21)11-5-15-29(16-12-26)24(32)20-7-4-10-22(17-20)34-25-27-13-6-14-28-25/h1-4,6-10,13-14,17H,5,11-12,15-16,18-19H2/t26-/m1/s1. The molecule has 2 fully saturated rings. The van der Waals surface area contributed by atoms with Crippen molar-refractivity contribution in [1.29, 1.82) is 0 Å². The summed E-state index contributed by atoms with van der Waals surface area (Å²) in [6, 6.07) is 18.7. The lowest BCUT2D eigenvalue weighted by Crippen LogP contribution is -2.55. The largest absolute Gasteiger partial charge is 0.424 e. The quantitative estimate of drug-likeness (QED) is 0.593. The molecule has 2 aliphatic heterocycles. The number of aromatic nitrogens is 2. The van der Waals surface area contributed by atoms with Crippen LogP contribution in [0.25, 0.3) is 0 Å². The molecular weight excluding hydrogens is 432 g/mol. The summed E-state index contributed by atoms with van der Waals surface area (Å²) in [5.74, 6) is 0.424. The van der Waals surface area contributed by atoms with Crippen LogP contribution in [-0.4, -0.2) is 58.5 Å². The summed E-state index contributed by atoms with van der Waals surface area (Å²) < 4.78 is 11.8. The molecule has 8 heteroatoms. The van der Waals surface area contributed by atoms with Crippen molar-refractivity contribution in [3.8, 4) is 11.8 Å². The monoisotopic (exact) mass is 458 g/mol. The van der Waals surface area contributed by atoms with Gasteiger partial charge in [0.15, 0.2) is 0 Å². The van der Waals surface area contributed by atoms with Gasteiger partial charge >= 0.3 is 6.01 Å². The van der Waals surface area contributed by atoms with E-state index in [1.807, 2.05) is 40.1 Å². The first kappa shape index (κ1) is 22.0. The van der Waals surface area contributed by atoms with Gasteiger partial charge in [-0.1, -0.05) is 24.3 Å². The van der Waals surface area contributed by atoms with Crippen molar-refractivity contribution < 1.29 is 19.1 Å². The van der Waals surface area contributed by atoms with Crippen molar-refractivity contribution in [2.45, 2.75) is 24.9 Å². The van der Waals surface area contributed by atoms with Gasteiger partial charge in [0.1, 0.15) is 12.4 Å². The summed E-state index contributed by atoms with van der Waals surface area (Å²) in [6.07, 6.45) is 5.47. The minimum absolute atomic E-state index is 0.0341. The van der Waals surface area contributed by atoms with Crippen LogP contribution in [0.2, 0.25) is 0 Å². The topological polar surface area (TPSA) is 84.9 Å². The van der Waals surface area contributed by atoms with Gasteiger partial charge in [0.05, 0.1) is 12.1 Å². The second kappa shape index (κ2) is 9.61. The average Bonchev–Trinajstić information content (AvgIpc) is 3.09. The number of hydrogen-bond acceptors (Lipinski definition) is 6. The number of anilines is 1. The predicted molar refractivity (Wildman–Crippen MR) is 126 cm³/mol. The number of ether oxygens (including phenoxy) is 2. The van der Waals surface area contributed by atoms with E-state index < -0.39 is 5.60 Å². The third kappa shape index (κ3) is 4.77. The van der Waals surface area contributed by atoms with Crippen LogP contribution in [-0.2, 0) is 9.53 Å². The van der Waals surface area contributed by atoms with Crippen LogP contribution in [0.15, 0.2) is 73.1 Å². The maximum Gasteiger partial charge on any atom is 0.321 e.